The number of piperazine rings is 1. The summed E-state index contributed by atoms with van der Waals surface area (Å²) in [5.74, 6) is -0.321. The minimum absolute atomic E-state index is 0.00718. The van der Waals surface area contributed by atoms with E-state index in [2.05, 4.69) is 58.3 Å². The lowest BCUT2D eigenvalue weighted by atomic mass is 9.96. The number of carbonyl (C=O) groups excluding carboxylic acids is 1. The number of ether oxygens (including phenoxy) is 2. The fourth-order valence-electron chi connectivity index (χ4n) is 3.90. The van der Waals surface area contributed by atoms with Gasteiger partial charge in [0.15, 0.2) is 0 Å². The quantitative estimate of drug-likeness (QED) is 0.297. The van der Waals surface area contributed by atoms with Crippen LogP contribution in [0.1, 0.15) is 31.0 Å². The van der Waals surface area contributed by atoms with E-state index in [1.807, 2.05) is 32.1 Å². The first-order chi connectivity index (χ1) is 15.5. The van der Waals surface area contributed by atoms with Gasteiger partial charge >= 0.3 is 5.97 Å². The summed E-state index contributed by atoms with van der Waals surface area (Å²) in [4.78, 5) is 16.4. The van der Waals surface area contributed by atoms with Gasteiger partial charge in [-0.2, -0.15) is 0 Å². The Balaban J connectivity index is 1.48. The summed E-state index contributed by atoms with van der Waals surface area (Å²) in [7, 11) is 0. The Morgan fingerprint density at radius 1 is 0.969 bits per heavy atom. The van der Waals surface area contributed by atoms with Crippen LogP contribution in [0.3, 0.4) is 0 Å². The van der Waals surface area contributed by atoms with E-state index in [-0.39, 0.29) is 24.7 Å². The van der Waals surface area contributed by atoms with E-state index in [9.17, 15) is 4.79 Å². The first-order valence-electron chi connectivity index (χ1n) is 11.2. The van der Waals surface area contributed by atoms with Crippen LogP contribution in [-0.4, -0.2) is 67.8 Å². The van der Waals surface area contributed by atoms with Crippen LogP contribution in [0.4, 0.5) is 0 Å². The SMILES string of the molecule is CC(C)OC(=O)COC/C=C\CN1CCN(C(c2ccccc2)c2ccc(Cl)cc2)CC1. The predicted octanol–water partition coefficient (Wildman–Crippen LogP) is 4.57. The normalized spacial score (nSPS) is 16.5. The van der Waals surface area contributed by atoms with Crippen LogP contribution in [0, 0.1) is 0 Å². The molecular weight excluding hydrogens is 424 g/mol. The summed E-state index contributed by atoms with van der Waals surface area (Å²) < 4.78 is 10.4. The molecule has 172 valence electrons. The largest absolute Gasteiger partial charge is 0.461 e. The summed E-state index contributed by atoms with van der Waals surface area (Å²) in [6, 6.07) is 19.1. The standard InChI is InChI=1S/C26H33ClN2O3/c1-21(2)32-25(30)20-31-19-7-6-14-28-15-17-29(18-16-28)26(22-8-4-3-5-9-22)23-10-12-24(27)13-11-23/h3-13,21,26H,14-20H2,1-2H3/b7-6-. The van der Waals surface area contributed by atoms with Gasteiger partial charge in [-0.3, -0.25) is 9.80 Å². The number of nitrogens with zero attached hydrogens (tertiary/aromatic N) is 2. The van der Waals surface area contributed by atoms with Crippen LogP contribution in [0.15, 0.2) is 66.7 Å². The van der Waals surface area contributed by atoms with E-state index >= 15 is 0 Å². The number of rotatable bonds is 10. The Morgan fingerprint density at radius 2 is 1.62 bits per heavy atom. The molecule has 0 aromatic heterocycles. The molecule has 0 aliphatic carbocycles. The highest BCUT2D eigenvalue weighted by Gasteiger charge is 2.26. The zero-order valence-corrected chi connectivity index (χ0v) is 19.7. The second-order valence-corrected chi connectivity index (χ2v) is 8.66. The molecule has 0 spiro atoms. The van der Waals surface area contributed by atoms with Gasteiger partial charge < -0.3 is 9.47 Å². The predicted molar refractivity (Wildman–Crippen MR) is 129 cm³/mol. The molecule has 2 aromatic carbocycles. The van der Waals surface area contributed by atoms with Crippen molar-refractivity contribution >= 4 is 17.6 Å². The van der Waals surface area contributed by atoms with Gasteiger partial charge in [-0.25, -0.2) is 4.79 Å². The number of hydrogen-bond acceptors (Lipinski definition) is 5. The van der Waals surface area contributed by atoms with Crippen LogP contribution < -0.4 is 0 Å². The molecule has 32 heavy (non-hydrogen) atoms. The maximum Gasteiger partial charge on any atom is 0.332 e. The second kappa shape index (κ2) is 12.8. The van der Waals surface area contributed by atoms with E-state index in [1.165, 1.54) is 11.1 Å². The van der Waals surface area contributed by atoms with Gasteiger partial charge in [0.25, 0.3) is 0 Å². The fourth-order valence-corrected chi connectivity index (χ4v) is 4.02. The van der Waals surface area contributed by atoms with E-state index in [1.54, 1.807) is 0 Å². The molecule has 1 unspecified atom stereocenters. The van der Waals surface area contributed by atoms with Gasteiger partial charge in [-0.15, -0.1) is 0 Å². The summed E-state index contributed by atoms with van der Waals surface area (Å²) in [6.07, 6.45) is 3.97. The molecule has 1 atom stereocenters. The number of hydrogen-bond donors (Lipinski definition) is 0. The van der Waals surface area contributed by atoms with Crippen LogP contribution in [0.5, 0.6) is 0 Å². The summed E-state index contributed by atoms with van der Waals surface area (Å²) in [5, 5.41) is 0.762. The van der Waals surface area contributed by atoms with Gasteiger partial charge in [0.2, 0.25) is 0 Å². The van der Waals surface area contributed by atoms with Crippen molar-refractivity contribution in [2.24, 2.45) is 0 Å². The molecule has 0 saturated carbocycles. The molecule has 0 bridgehead atoms. The van der Waals surface area contributed by atoms with Crippen molar-refractivity contribution in [1.82, 2.24) is 9.80 Å². The first kappa shape index (κ1) is 24.5. The van der Waals surface area contributed by atoms with Crippen LogP contribution >= 0.6 is 11.6 Å². The Kier molecular flexibility index (Phi) is 9.75. The monoisotopic (exact) mass is 456 g/mol. The summed E-state index contributed by atoms with van der Waals surface area (Å²) >= 11 is 6.12. The Hall–Kier alpha value is -2.18. The van der Waals surface area contributed by atoms with Gasteiger partial charge in [0.1, 0.15) is 6.61 Å². The van der Waals surface area contributed by atoms with Crippen molar-refractivity contribution in [3.63, 3.8) is 0 Å². The second-order valence-electron chi connectivity index (χ2n) is 8.23. The minimum Gasteiger partial charge on any atom is -0.461 e. The van der Waals surface area contributed by atoms with Gasteiger partial charge in [0.05, 0.1) is 18.8 Å². The average molecular weight is 457 g/mol. The van der Waals surface area contributed by atoms with E-state index in [0.717, 1.165) is 37.7 Å². The van der Waals surface area contributed by atoms with Crippen LogP contribution in [0.25, 0.3) is 0 Å². The van der Waals surface area contributed by atoms with Crippen LogP contribution in [0.2, 0.25) is 5.02 Å². The third kappa shape index (κ3) is 7.75. The third-order valence-corrected chi connectivity index (χ3v) is 5.66. The van der Waals surface area contributed by atoms with E-state index in [4.69, 9.17) is 21.1 Å². The Labute approximate surface area is 196 Å². The molecule has 3 rings (SSSR count). The van der Waals surface area contributed by atoms with Gasteiger partial charge in [-0.05, 0) is 37.1 Å². The lowest BCUT2D eigenvalue weighted by Gasteiger charge is -2.39. The molecule has 1 aliphatic heterocycles. The highest BCUT2D eigenvalue weighted by Crippen LogP contribution is 2.30. The number of esters is 1. The molecule has 2 aromatic rings. The van der Waals surface area contributed by atoms with Gasteiger partial charge in [0, 0.05) is 37.7 Å². The molecule has 1 saturated heterocycles. The lowest BCUT2D eigenvalue weighted by Crippen LogP contribution is -2.47. The van der Waals surface area contributed by atoms with Crippen molar-refractivity contribution in [3.8, 4) is 0 Å². The lowest BCUT2D eigenvalue weighted by molar-refractivity contribution is -0.152. The summed E-state index contributed by atoms with van der Waals surface area (Å²) in [5.41, 5.74) is 2.57. The molecule has 6 heteroatoms. The zero-order valence-electron chi connectivity index (χ0n) is 19.0. The van der Waals surface area contributed by atoms with Crippen molar-refractivity contribution in [2.45, 2.75) is 26.0 Å². The molecular formula is C26H33ClN2O3. The highest BCUT2D eigenvalue weighted by atomic mass is 35.5. The summed E-state index contributed by atoms with van der Waals surface area (Å²) in [6.45, 7) is 8.94. The Bertz CT molecular complexity index is 847. The molecule has 0 N–H and O–H groups in total. The van der Waals surface area contributed by atoms with Crippen molar-refractivity contribution in [1.29, 1.82) is 0 Å². The highest BCUT2D eigenvalue weighted by molar-refractivity contribution is 6.30. The van der Waals surface area contributed by atoms with Crippen molar-refractivity contribution < 1.29 is 14.3 Å². The minimum atomic E-state index is -0.321. The molecule has 5 nitrogen and oxygen atoms in total. The van der Waals surface area contributed by atoms with Gasteiger partial charge in [-0.1, -0.05) is 66.2 Å². The molecule has 1 aliphatic rings. The zero-order chi connectivity index (χ0) is 22.8. The maximum absolute atomic E-state index is 11.5. The van der Waals surface area contributed by atoms with E-state index < -0.39 is 0 Å². The van der Waals surface area contributed by atoms with E-state index in [0.29, 0.717) is 6.61 Å². The average Bonchev–Trinajstić information content (AvgIpc) is 2.79. The third-order valence-electron chi connectivity index (χ3n) is 5.40. The number of carbonyl (C=O) groups is 1. The molecule has 0 radical (unpaired) electrons. The fraction of sp³-hybridized carbons (Fsp3) is 0.423. The van der Waals surface area contributed by atoms with Crippen LogP contribution in [-0.2, 0) is 14.3 Å². The maximum atomic E-state index is 11.5. The first-order valence-corrected chi connectivity index (χ1v) is 11.6. The molecule has 0 amide bonds. The molecule has 1 heterocycles. The molecule has 1 fully saturated rings. The van der Waals surface area contributed by atoms with Crippen molar-refractivity contribution in [3.05, 3.63) is 82.9 Å². The van der Waals surface area contributed by atoms with Crippen molar-refractivity contribution in [2.75, 3.05) is 45.9 Å². The number of benzene rings is 2. The topological polar surface area (TPSA) is 42.0 Å². The smallest absolute Gasteiger partial charge is 0.332 e. The Morgan fingerprint density at radius 3 is 2.28 bits per heavy atom. The number of halogens is 1.